The van der Waals surface area contributed by atoms with Crippen LogP contribution in [0.2, 0.25) is 0 Å². The summed E-state index contributed by atoms with van der Waals surface area (Å²) in [6.45, 7) is 4.70. The smallest absolute Gasteiger partial charge is 0.303 e. The summed E-state index contributed by atoms with van der Waals surface area (Å²) in [6.07, 6.45) is 3.35. The molecule has 1 saturated heterocycles. The molecule has 1 fully saturated rings. The van der Waals surface area contributed by atoms with Gasteiger partial charge in [0.15, 0.2) is 0 Å². The minimum atomic E-state index is -0.755. The molecule has 4 heteroatoms. The number of likely N-dealkylation sites (tertiary alicyclic amines) is 1. The van der Waals surface area contributed by atoms with Crippen LogP contribution in [0.5, 0.6) is 0 Å². The largest absolute Gasteiger partial charge is 0.481 e. The third kappa shape index (κ3) is 4.94. The molecule has 1 aromatic rings. The fourth-order valence-electron chi connectivity index (χ4n) is 2.57. The predicted octanol–water partition coefficient (Wildman–Crippen LogP) is 2.32. The Hall–Kier alpha value is -1.39. The van der Waals surface area contributed by atoms with Crippen molar-refractivity contribution in [3.05, 3.63) is 35.4 Å². The molecular formula is C16H23NO3. The van der Waals surface area contributed by atoms with Crippen LogP contribution in [-0.4, -0.2) is 42.2 Å². The van der Waals surface area contributed by atoms with Gasteiger partial charge < -0.3 is 14.7 Å². The quantitative estimate of drug-likeness (QED) is 0.741. The number of benzene rings is 1. The molecule has 1 aromatic carbocycles. The lowest BCUT2D eigenvalue weighted by Gasteiger charge is -2.15. The molecule has 4 nitrogen and oxygen atoms in total. The van der Waals surface area contributed by atoms with E-state index in [0.29, 0.717) is 13.0 Å². The number of carbonyl (C=O) groups is 1. The second kappa shape index (κ2) is 8.02. The maximum atomic E-state index is 10.7. The minimum absolute atomic E-state index is 0.171. The Morgan fingerprint density at radius 2 is 1.90 bits per heavy atom. The second-order valence-corrected chi connectivity index (χ2v) is 5.26. The zero-order valence-electron chi connectivity index (χ0n) is 11.9. The Morgan fingerprint density at radius 3 is 2.60 bits per heavy atom. The number of hydrogen-bond acceptors (Lipinski definition) is 3. The van der Waals surface area contributed by atoms with Gasteiger partial charge in [-0.25, -0.2) is 0 Å². The van der Waals surface area contributed by atoms with Crippen LogP contribution in [0, 0.1) is 0 Å². The van der Waals surface area contributed by atoms with Crippen molar-refractivity contribution in [1.29, 1.82) is 0 Å². The first kappa shape index (κ1) is 15.0. The van der Waals surface area contributed by atoms with Gasteiger partial charge in [0.1, 0.15) is 0 Å². The van der Waals surface area contributed by atoms with Gasteiger partial charge in [-0.15, -0.1) is 0 Å². The highest BCUT2D eigenvalue weighted by molar-refractivity contribution is 5.67. The van der Waals surface area contributed by atoms with Crippen LogP contribution in [0.3, 0.4) is 0 Å². The summed E-state index contributed by atoms with van der Waals surface area (Å²) < 4.78 is 5.74. The Bertz CT molecular complexity index is 427. The van der Waals surface area contributed by atoms with Crippen LogP contribution in [0.1, 0.15) is 30.4 Å². The maximum Gasteiger partial charge on any atom is 0.303 e. The van der Waals surface area contributed by atoms with Gasteiger partial charge in [0.2, 0.25) is 0 Å². The van der Waals surface area contributed by atoms with Crippen LogP contribution < -0.4 is 0 Å². The number of carboxylic acid groups (broad SMARTS) is 1. The summed E-state index contributed by atoms with van der Waals surface area (Å²) in [5.74, 6) is -0.755. The molecule has 0 spiro atoms. The summed E-state index contributed by atoms with van der Waals surface area (Å²) in [7, 11) is 0. The molecule has 1 aliphatic rings. The highest BCUT2D eigenvalue weighted by atomic mass is 16.5. The molecule has 0 bridgehead atoms. The van der Waals surface area contributed by atoms with Crippen LogP contribution in [0.15, 0.2) is 24.3 Å². The molecule has 1 aliphatic heterocycles. The lowest BCUT2D eigenvalue weighted by molar-refractivity contribution is -0.136. The van der Waals surface area contributed by atoms with Gasteiger partial charge in [0, 0.05) is 13.0 Å². The summed E-state index contributed by atoms with van der Waals surface area (Å²) in [4.78, 5) is 13.1. The average molecular weight is 277 g/mol. The van der Waals surface area contributed by atoms with Gasteiger partial charge in [0.25, 0.3) is 0 Å². The van der Waals surface area contributed by atoms with E-state index < -0.39 is 5.97 Å². The third-order valence-electron chi connectivity index (χ3n) is 3.73. The number of ether oxygens (including phenoxy) is 1. The molecule has 0 aliphatic carbocycles. The zero-order chi connectivity index (χ0) is 14.2. The monoisotopic (exact) mass is 277 g/mol. The van der Waals surface area contributed by atoms with Crippen molar-refractivity contribution in [2.45, 2.75) is 32.3 Å². The van der Waals surface area contributed by atoms with Gasteiger partial charge in [-0.2, -0.15) is 0 Å². The van der Waals surface area contributed by atoms with E-state index in [1.807, 2.05) is 24.3 Å². The van der Waals surface area contributed by atoms with Crippen molar-refractivity contribution >= 4 is 5.97 Å². The van der Waals surface area contributed by atoms with Crippen molar-refractivity contribution in [2.75, 3.05) is 26.2 Å². The van der Waals surface area contributed by atoms with Crippen molar-refractivity contribution < 1.29 is 14.6 Å². The molecule has 0 amide bonds. The number of rotatable bonds is 8. The Labute approximate surface area is 120 Å². The normalized spacial score (nSPS) is 15.6. The number of hydrogen-bond donors (Lipinski definition) is 1. The van der Waals surface area contributed by atoms with Crippen molar-refractivity contribution in [3.63, 3.8) is 0 Å². The molecule has 2 rings (SSSR count). The second-order valence-electron chi connectivity index (χ2n) is 5.26. The Morgan fingerprint density at radius 1 is 1.20 bits per heavy atom. The van der Waals surface area contributed by atoms with E-state index >= 15 is 0 Å². The van der Waals surface area contributed by atoms with Crippen LogP contribution in [-0.2, 0) is 22.6 Å². The van der Waals surface area contributed by atoms with Crippen LogP contribution in [0.25, 0.3) is 0 Å². The first-order valence-corrected chi connectivity index (χ1v) is 7.34. The topological polar surface area (TPSA) is 49.8 Å². The van der Waals surface area contributed by atoms with Crippen molar-refractivity contribution in [1.82, 2.24) is 4.90 Å². The molecule has 0 unspecified atom stereocenters. The molecule has 0 saturated carbocycles. The number of nitrogens with zero attached hydrogens (tertiary/aromatic N) is 1. The maximum absolute atomic E-state index is 10.7. The first-order chi connectivity index (χ1) is 9.75. The molecule has 0 atom stereocenters. The number of carboxylic acids is 1. The van der Waals surface area contributed by atoms with E-state index in [1.165, 1.54) is 25.9 Å². The van der Waals surface area contributed by atoms with Crippen LogP contribution >= 0.6 is 0 Å². The Kier molecular flexibility index (Phi) is 6.02. The van der Waals surface area contributed by atoms with E-state index in [9.17, 15) is 4.79 Å². The van der Waals surface area contributed by atoms with Gasteiger partial charge >= 0.3 is 5.97 Å². The predicted molar refractivity (Wildman–Crippen MR) is 77.7 cm³/mol. The van der Waals surface area contributed by atoms with E-state index in [1.54, 1.807) is 0 Å². The molecule has 1 N–H and O–H groups in total. The SMILES string of the molecule is O=C(O)CCc1ccccc1COCCN1CCCC1. The van der Waals surface area contributed by atoms with E-state index in [2.05, 4.69) is 4.90 Å². The van der Waals surface area contributed by atoms with E-state index in [0.717, 1.165) is 24.3 Å². The average Bonchev–Trinajstić information content (AvgIpc) is 2.95. The fraction of sp³-hybridized carbons (Fsp3) is 0.562. The summed E-state index contributed by atoms with van der Waals surface area (Å²) in [6, 6.07) is 7.93. The highest BCUT2D eigenvalue weighted by Gasteiger charge is 2.10. The fourth-order valence-corrected chi connectivity index (χ4v) is 2.57. The molecule has 110 valence electrons. The van der Waals surface area contributed by atoms with Gasteiger partial charge in [0.05, 0.1) is 13.2 Å². The van der Waals surface area contributed by atoms with E-state index in [4.69, 9.17) is 9.84 Å². The minimum Gasteiger partial charge on any atom is -0.481 e. The molecular weight excluding hydrogens is 254 g/mol. The van der Waals surface area contributed by atoms with Crippen molar-refractivity contribution in [2.24, 2.45) is 0 Å². The Balaban J connectivity index is 1.74. The summed E-state index contributed by atoms with van der Waals surface area (Å²) >= 11 is 0. The summed E-state index contributed by atoms with van der Waals surface area (Å²) in [5.41, 5.74) is 2.19. The molecule has 0 radical (unpaired) electrons. The van der Waals surface area contributed by atoms with E-state index in [-0.39, 0.29) is 6.42 Å². The lowest BCUT2D eigenvalue weighted by Crippen LogP contribution is -2.24. The summed E-state index contributed by atoms with van der Waals surface area (Å²) in [5, 5.41) is 8.76. The molecule has 0 aromatic heterocycles. The lowest BCUT2D eigenvalue weighted by atomic mass is 10.0. The third-order valence-corrected chi connectivity index (χ3v) is 3.73. The first-order valence-electron chi connectivity index (χ1n) is 7.34. The molecule has 20 heavy (non-hydrogen) atoms. The highest BCUT2D eigenvalue weighted by Crippen LogP contribution is 2.13. The standard InChI is InChI=1S/C16H23NO3/c18-16(19)8-7-14-5-1-2-6-15(14)13-20-12-11-17-9-3-4-10-17/h1-2,5-6H,3-4,7-13H2,(H,18,19). The van der Waals surface area contributed by atoms with Crippen LogP contribution in [0.4, 0.5) is 0 Å². The van der Waals surface area contributed by atoms with Gasteiger partial charge in [-0.05, 0) is 43.5 Å². The number of aryl methyl sites for hydroxylation is 1. The van der Waals surface area contributed by atoms with Gasteiger partial charge in [-0.1, -0.05) is 24.3 Å². The van der Waals surface area contributed by atoms with Gasteiger partial charge in [-0.3, -0.25) is 4.79 Å². The molecule has 1 heterocycles. The number of aliphatic carboxylic acids is 1. The zero-order valence-corrected chi connectivity index (χ0v) is 11.9. The van der Waals surface area contributed by atoms with Crippen molar-refractivity contribution in [3.8, 4) is 0 Å².